The highest BCUT2D eigenvalue weighted by molar-refractivity contribution is 6.16. The first-order valence-electron chi connectivity index (χ1n) is 9.96. The molecule has 2 amide bonds. The van der Waals surface area contributed by atoms with Gasteiger partial charge in [0, 0.05) is 18.5 Å². The third-order valence-corrected chi connectivity index (χ3v) is 6.15. The number of rotatable bonds is 3. The summed E-state index contributed by atoms with van der Waals surface area (Å²) in [5.74, 6) is 0.257. The number of aryl methyl sites for hydroxylation is 2. The lowest BCUT2D eigenvalue weighted by Crippen LogP contribution is -2.46. The Hall–Kier alpha value is -3.67. The number of para-hydroxylation sites is 2. The molecule has 0 saturated carbocycles. The van der Waals surface area contributed by atoms with Crippen LogP contribution in [0.4, 0.5) is 11.5 Å². The molecule has 0 aliphatic carbocycles. The average molecular weight is 398 g/mol. The highest BCUT2D eigenvalue weighted by atomic mass is 16.2. The number of carbonyl (C=O) groups is 2. The van der Waals surface area contributed by atoms with Gasteiger partial charge in [-0.2, -0.15) is 5.10 Å². The SMILES string of the molecule is C=CCN1C(=O)[C@]2(CC(=O)Nc3c2cnn3-c2ccccc2C)c2cccc(C)c21. The van der Waals surface area contributed by atoms with Crippen LogP contribution in [-0.2, 0) is 15.0 Å². The quantitative estimate of drug-likeness (QED) is 0.685. The van der Waals surface area contributed by atoms with Crippen molar-refractivity contribution in [1.29, 1.82) is 0 Å². The van der Waals surface area contributed by atoms with E-state index in [1.807, 2.05) is 56.3 Å². The van der Waals surface area contributed by atoms with Crippen LogP contribution in [0.25, 0.3) is 5.69 Å². The second-order valence-electron chi connectivity index (χ2n) is 7.91. The summed E-state index contributed by atoms with van der Waals surface area (Å²) in [6.45, 7) is 8.19. The number of carbonyl (C=O) groups excluding carboxylic acids is 2. The molecule has 1 atom stereocenters. The Morgan fingerprint density at radius 2 is 1.87 bits per heavy atom. The van der Waals surface area contributed by atoms with E-state index in [2.05, 4.69) is 17.0 Å². The Kier molecular flexibility index (Phi) is 3.93. The molecular formula is C24H22N4O2. The molecular weight excluding hydrogens is 376 g/mol. The van der Waals surface area contributed by atoms with E-state index in [0.717, 1.165) is 33.6 Å². The monoisotopic (exact) mass is 398 g/mol. The maximum atomic E-state index is 13.9. The zero-order valence-corrected chi connectivity index (χ0v) is 17.0. The third kappa shape index (κ3) is 2.27. The molecule has 2 aliphatic rings. The number of nitrogens with zero attached hydrogens (tertiary/aromatic N) is 3. The molecule has 3 heterocycles. The maximum absolute atomic E-state index is 13.9. The predicted molar refractivity (Wildman–Crippen MR) is 116 cm³/mol. The van der Waals surface area contributed by atoms with Crippen molar-refractivity contribution in [2.75, 3.05) is 16.8 Å². The van der Waals surface area contributed by atoms with Crippen molar-refractivity contribution in [2.24, 2.45) is 0 Å². The minimum atomic E-state index is -1.08. The molecule has 1 N–H and O–H groups in total. The highest BCUT2D eigenvalue weighted by Gasteiger charge is 2.57. The molecule has 150 valence electrons. The topological polar surface area (TPSA) is 67.2 Å². The molecule has 1 spiro atoms. The van der Waals surface area contributed by atoms with Gasteiger partial charge in [0.15, 0.2) is 0 Å². The summed E-state index contributed by atoms with van der Waals surface area (Å²) in [5.41, 5.74) is 4.27. The molecule has 30 heavy (non-hydrogen) atoms. The molecule has 2 aliphatic heterocycles. The number of hydrogen-bond donors (Lipinski definition) is 1. The van der Waals surface area contributed by atoms with Crippen LogP contribution in [0.3, 0.4) is 0 Å². The van der Waals surface area contributed by atoms with Crippen LogP contribution in [0.15, 0.2) is 61.3 Å². The summed E-state index contributed by atoms with van der Waals surface area (Å²) >= 11 is 0. The van der Waals surface area contributed by atoms with Crippen LogP contribution in [0.5, 0.6) is 0 Å². The van der Waals surface area contributed by atoms with E-state index in [0.29, 0.717) is 12.4 Å². The number of amides is 2. The van der Waals surface area contributed by atoms with Crippen molar-refractivity contribution < 1.29 is 9.59 Å². The zero-order valence-electron chi connectivity index (χ0n) is 17.0. The van der Waals surface area contributed by atoms with E-state index in [-0.39, 0.29) is 18.2 Å². The summed E-state index contributed by atoms with van der Waals surface area (Å²) in [7, 11) is 0. The fourth-order valence-electron chi connectivity index (χ4n) is 4.82. The second-order valence-corrected chi connectivity index (χ2v) is 7.91. The molecule has 6 nitrogen and oxygen atoms in total. The van der Waals surface area contributed by atoms with Crippen LogP contribution < -0.4 is 10.2 Å². The Balaban J connectivity index is 1.80. The number of benzene rings is 2. The molecule has 2 aromatic carbocycles. The van der Waals surface area contributed by atoms with Crippen LogP contribution >= 0.6 is 0 Å². The summed E-state index contributed by atoms with van der Waals surface area (Å²) in [4.78, 5) is 28.5. The maximum Gasteiger partial charge on any atom is 0.243 e. The number of anilines is 2. The van der Waals surface area contributed by atoms with E-state index in [1.165, 1.54) is 0 Å². The molecule has 0 fully saturated rings. The summed E-state index contributed by atoms with van der Waals surface area (Å²) < 4.78 is 1.72. The van der Waals surface area contributed by atoms with Crippen LogP contribution in [-0.4, -0.2) is 28.1 Å². The molecule has 5 rings (SSSR count). The van der Waals surface area contributed by atoms with Gasteiger partial charge in [-0.25, -0.2) is 4.68 Å². The lowest BCUT2D eigenvalue weighted by molar-refractivity contribution is -0.126. The van der Waals surface area contributed by atoms with Gasteiger partial charge >= 0.3 is 0 Å². The summed E-state index contributed by atoms with van der Waals surface area (Å²) in [5, 5.41) is 7.56. The van der Waals surface area contributed by atoms with E-state index in [1.54, 1.807) is 21.9 Å². The Bertz CT molecular complexity index is 1230. The Labute approximate surface area is 174 Å². The molecule has 6 heteroatoms. The first-order chi connectivity index (χ1) is 14.5. The van der Waals surface area contributed by atoms with Crippen LogP contribution in [0.1, 0.15) is 28.7 Å². The van der Waals surface area contributed by atoms with Gasteiger partial charge in [-0.1, -0.05) is 42.5 Å². The first-order valence-corrected chi connectivity index (χ1v) is 9.96. The highest BCUT2D eigenvalue weighted by Crippen LogP contribution is 2.53. The van der Waals surface area contributed by atoms with Crippen molar-refractivity contribution in [3.63, 3.8) is 0 Å². The Morgan fingerprint density at radius 3 is 2.63 bits per heavy atom. The standard InChI is InChI=1S/C24H22N4O2/c1-4-12-27-21-16(3)9-7-10-17(21)24(23(27)30)13-20(29)26-22-18(24)14-25-28(22)19-11-6-5-8-15(19)2/h4-11,14H,1,12-13H2,2-3H3,(H,26,29)/t24-/m1/s1. The van der Waals surface area contributed by atoms with E-state index in [9.17, 15) is 9.59 Å². The van der Waals surface area contributed by atoms with Crippen molar-refractivity contribution in [3.8, 4) is 5.69 Å². The van der Waals surface area contributed by atoms with Crippen molar-refractivity contribution in [1.82, 2.24) is 9.78 Å². The molecule has 0 saturated heterocycles. The van der Waals surface area contributed by atoms with Gasteiger partial charge in [0.1, 0.15) is 11.2 Å². The lowest BCUT2D eigenvalue weighted by Gasteiger charge is -2.32. The van der Waals surface area contributed by atoms with E-state index >= 15 is 0 Å². The van der Waals surface area contributed by atoms with Gasteiger partial charge in [0.05, 0.1) is 17.6 Å². The fraction of sp³-hybridized carbons (Fsp3) is 0.208. The minimum absolute atomic E-state index is 0.0579. The number of fused-ring (bicyclic) bond motifs is 4. The van der Waals surface area contributed by atoms with Crippen LogP contribution in [0.2, 0.25) is 0 Å². The molecule has 0 unspecified atom stereocenters. The summed E-state index contributed by atoms with van der Waals surface area (Å²) in [6.07, 6.45) is 3.50. The Morgan fingerprint density at radius 1 is 1.10 bits per heavy atom. The van der Waals surface area contributed by atoms with Gasteiger partial charge < -0.3 is 10.2 Å². The molecule has 1 aromatic heterocycles. The van der Waals surface area contributed by atoms with Crippen molar-refractivity contribution in [2.45, 2.75) is 25.7 Å². The predicted octanol–water partition coefficient (Wildman–Crippen LogP) is 3.65. The molecule has 3 aromatic rings. The average Bonchev–Trinajstić information content (AvgIpc) is 3.24. The van der Waals surface area contributed by atoms with Gasteiger partial charge in [-0.3, -0.25) is 9.59 Å². The fourth-order valence-corrected chi connectivity index (χ4v) is 4.82. The minimum Gasteiger partial charge on any atom is -0.310 e. The van der Waals surface area contributed by atoms with Crippen molar-refractivity contribution in [3.05, 3.63) is 83.6 Å². The lowest BCUT2D eigenvalue weighted by atomic mass is 9.71. The van der Waals surface area contributed by atoms with Gasteiger partial charge in [-0.15, -0.1) is 6.58 Å². The van der Waals surface area contributed by atoms with E-state index < -0.39 is 5.41 Å². The van der Waals surface area contributed by atoms with Crippen LogP contribution in [0, 0.1) is 13.8 Å². The number of nitrogens with one attached hydrogen (secondary N) is 1. The van der Waals surface area contributed by atoms with Gasteiger partial charge in [0.25, 0.3) is 0 Å². The third-order valence-electron chi connectivity index (χ3n) is 6.15. The first kappa shape index (κ1) is 18.4. The van der Waals surface area contributed by atoms with Gasteiger partial charge in [-0.05, 0) is 36.6 Å². The van der Waals surface area contributed by atoms with Gasteiger partial charge in [0.2, 0.25) is 11.8 Å². The smallest absolute Gasteiger partial charge is 0.243 e. The molecule has 0 radical (unpaired) electrons. The zero-order chi connectivity index (χ0) is 21.0. The number of aromatic nitrogens is 2. The van der Waals surface area contributed by atoms with E-state index in [4.69, 9.17) is 0 Å². The second kappa shape index (κ2) is 6.42. The largest absolute Gasteiger partial charge is 0.310 e. The molecule has 0 bridgehead atoms. The summed E-state index contributed by atoms with van der Waals surface area (Å²) in [6, 6.07) is 13.7. The normalized spacial score (nSPS) is 19.6. The number of hydrogen-bond acceptors (Lipinski definition) is 3. The van der Waals surface area contributed by atoms with Crippen molar-refractivity contribution >= 4 is 23.3 Å².